The van der Waals surface area contributed by atoms with Crippen LogP contribution in [0.3, 0.4) is 0 Å². The maximum atomic E-state index is 12.7. The largest absolute Gasteiger partial charge is 0.298 e. The lowest BCUT2D eigenvalue weighted by Crippen LogP contribution is -2.12. The van der Waals surface area contributed by atoms with E-state index in [2.05, 4.69) is 26.2 Å². The van der Waals surface area contributed by atoms with E-state index >= 15 is 0 Å². The van der Waals surface area contributed by atoms with Crippen LogP contribution in [-0.2, 0) is 0 Å². The molecular formula is C20H13BrN2OS. The number of amides is 1. The fourth-order valence-corrected chi connectivity index (χ4v) is 3.65. The van der Waals surface area contributed by atoms with Crippen molar-refractivity contribution < 1.29 is 4.79 Å². The fourth-order valence-electron chi connectivity index (χ4n) is 2.67. The number of carbonyl (C=O) groups excluding carboxylic acids is 1. The van der Waals surface area contributed by atoms with Crippen molar-refractivity contribution >= 4 is 49.1 Å². The zero-order valence-electron chi connectivity index (χ0n) is 13.1. The van der Waals surface area contributed by atoms with E-state index in [0.29, 0.717) is 10.7 Å². The van der Waals surface area contributed by atoms with Gasteiger partial charge in [0.15, 0.2) is 5.13 Å². The number of hydrogen-bond acceptors (Lipinski definition) is 3. The summed E-state index contributed by atoms with van der Waals surface area (Å²) in [4.78, 5) is 17.2. The Kier molecular flexibility index (Phi) is 4.34. The van der Waals surface area contributed by atoms with Gasteiger partial charge in [-0.1, -0.05) is 64.5 Å². The summed E-state index contributed by atoms with van der Waals surface area (Å²) in [7, 11) is 0. The number of aromatic nitrogens is 1. The molecule has 4 rings (SSSR count). The van der Waals surface area contributed by atoms with Crippen molar-refractivity contribution in [2.45, 2.75) is 0 Å². The van der Waals surface area contributed by atoms with Crippen LogP contribution in [0.15, 0.2) is 76.6 Å². The van der Waals surface area contributed by atoms with E-state index in [9.17, 15) is 4.79 Å². The third kappa shape index (κ3) is 3.34. The number of thiazole rings is 1. The van der Waals surface area contributed by atoms with Crippen molar-refractivity contribution in [3.63, 3.8) is 0 Å². The minimum Gasteiger partial charge on any atom is -0.298 e. The maximum absolute atomic E-state index is 12.7. The zero-order chi connectivity index (χ0) is 17.2. The van der Waals surface area contributed by atoms with Crippen molar-refractivity contribution in [3.05, 3.63) is 82.1 Å². The molecule has 5 heteroatoms. The Hall–Kier alpha value is -2.50. The molecule has 0 aliphatic rings. The molecule has 0 spiro atoms. The monoisotopic (exact) mass is 408 g/mol. The van der Waals surface area contributed by atoms with E-state index < -0.39 is 0 Å². The number of benzene rings is 3. The maximum Gasteiger partial charge on any atom is 0.258 e. The van der Waals surface area contributed by atoms with E-state index in [-0.39, 0.29) is 5.91 Å². The quantitative estimate of drug-likeness (QED) is 0.453. The number of halogens is 1. The summed E-state index contributed by atoms with van der Waals surface area (Å²) in [5.74, 6) is -0.145. The first-order valence-corrected chi connectivity index (χ1v) is 9.38. The topological polar surface area (TPSA) is 42.0 Å². The second kappa shape index (κ2) is 6.78. The number of rotatable bonds is 3. The molecule has 3 nitrogen and oxygen atoms in total. The first-order chi connectivity index (χ1) is 12.2. The van der Waals surface area contributed by atoms with Crippen molar-refractivity contribution in [1.29, 1.82) is 0 Å². The molecule has 0 bridgehead atoms. The highest BCUT2D eigenvalue weighted by molar-refractivity contribution is 9.10. The molecule has 4 aromatic rings. The van der Waals surface area contributed by atoms with Crippen LogP contribution in [0.5, 0.6) is 0 Å². The highest BCUT2D eigenvalue weighted by Crippen LogP contribution is 2.27. The Labute approximate surface area is 157 Å². The smallest absolute Gasteiger partial charge is 0.258 e. The number of fused-ring (bicyclic) bond motifs is 1. The Morgan fingerprint density at radius 3 is 2.56 bits per heavy atom. The predicted molar refractivity (Wildman–Crippen MR) is 107 cm³/mol. The molecule has 0 aliphatic carbocycles. The molecular weight excluding hydrogens is 396 g/mol. The lowest BCUT2D eigenvalue weighted by Gasteiger charge is -2.06. The molecule has 1 heterocycles. The highest BCUT2D eigenvalue weighted by atomic mass is 79.9. The minimum absolute atomic E-state index is 0.145. The van der Waals surface area contributed by atoms with Crippen LogP contribution in [0.4, 0.5) is 5.13 Å². The number of nitrogens with one attached hydrogen (secondary N) is 1. The van der Waals surface area contributed by atoms with Crippen molar-refractivity contribution in [2.75, 3.05) is 5.32 Å². The standard InChI is InChI=1S/C20H13BrN2OS/c21-15-10-8-14(9-11-15)18-12-25-20(22-18)23-19(24)17-7-3-5-13-4-1-2-6-16(13)17/h1-12H,(H,22,23,24). The summed E-state index contributed by atoms with van der Waals surface area (Å²) in [6.45, 7) is 0. The van der Waals surface area contributed by atoms with Gasteiger partial charge in [0, 0.05) is 21.0 Å². The van der Waals surface area contributed by atoms with Gasteiger partial charge in [0.05, 0.1) is 5.69 Å². The van der Waals surface area contributed by atoms with E-state index in [1.807, 2.05) is 72.1 Å². The van der Waals surface area contributed by atoms with Gasteiger partial charge in [-0.3, -0.25) is 10.1 Å². The third-order valence-corrected chi connectivity index (χ3v) is 5.19. The van der Waals surface area contributed by atoms with Crippen LogP contribution in [0.2, 0.25) is 0 Å². The van der Waals surface area contributed by atoms with Gasteiger partial charge in [-0.2, -0.15) is 0 Å². The van der Waals surface area contributed by atoms with Crippen LogP contribution in [0.1, 0.15) is 10.4 Å². The number of nitrogens with zero attached hydrogens (tertiary/aromatic N) is 1. The van der Waals surface area contributed by atoms with Crippen molar-refractivity contribution in [3.8, 4) is 11.3 Å². The van der Waals surface area contributed by atoms with Gasteiger partial charge in [-0.05, 0) is 29.0 Å². The van der Waals surface area contributed by atoms with Crippen LogP contribution < -0.4 is 5.32 Å². The van der Waals surface area contributed by atoms with E-state index in [1.54, 1.807) is 0 Å². The Morgan fingerprint density at radius 2 is 1.72 bits per heavy atom. The molecule has 0 atom stereocenters. The molecule has 1 aromatic heterocycles. The minimum atomic E-state index is -0.145. The second-order valence-corrected chi connectivity index (χ2v) is 7.30. The summed E-state index contributed by atoms with van der Waals surface area (Å²) >= 11 is 4.85. The SMILES string of the molecule is O=C(Nc1nc(-c2ccc(Br)cc2)cs1)c1cccc2ccccc12. The molecule has 0 unspecified atom stereocenters. The van der Waals surface area contributed by atoms with Crippen LogP contribution in [0, 0.1) is 0 Å². The summed E-state index contributed by atoms with van der Waals surface area (Å²) in [6, 6.07) is 21.5. The Morgan fingerprint density at radius 1 is 0.960 bits per heavy atom. The van der Waals surface area contributed by atoms with E-state index in [1.165, 1.54) is 11.3 Å². The molecule has 0 radical (unpaired) electrons. The van der Waals surface area contributed by atoms with Crippen LogP contribution >= 0.6 is 27.3 Å². The van der Waals surface area contributed by atoms with Gasteiger partial charge in [-0.25, -0.2) is 4.98 Å². The normalized spacial score (nSPS) is 10.8. The number of hydrogen-bond donors (Lipinski definition) is 1. The van der Waals surface area contributed by atoms with Gasteiger partial charge in [0.1, 0.15) is 0 Å². The second-order valence-electron chi connectivity index (χ2n) is 5.53. The van der Waals surface area contributed by atoms with Gasteiger partial charge in [-0.15, -0.1) is 11.3 Å². The molecule has 0 saturated carbocycles. The predicted octanol–water partition coefficient (Wildman–Crippen LogP) is 5.98. The average molecular weight is 409 g/mol. The first kappa shape index (κ1) is 16.0. The van der Waals surface area contributed by atoms with Gasteiger partial charge >= 0.3 is 0 Å². The van der Waals surface area contributed by atoms with Crippen LogP contribution in [-0.4, -0.2) is 10.9 Å². The molecule has 0 saturated heterocycles. The molecule has 1 N–H and O–H groups in total. The highest BCUT2D eigenvalue weighted by Gasteiger charge is 2.12. The molecule has 0 aliphatic heterocycles. The third-order valence-electron chi connectivity index (χ3n) is 3.90. The van der Waals surface area contributed by atoms with Gasteiger partial charge < -0.3 is 0 Å². The lowest BCUT2D eigenvalue weighted by atomic mass is 10.0. The van der Waals surface area contributed by atoms with Gasteiger partial charge in [0.2, 0.25) is 0 Å². The summed E-state index contributed by atoms with van der Waals surface area (Å²) in [5.41, 5.74) is 2.52. The summed E-state index contributed by atoms with van der Waals surface area (Å²) in [5, 5.41) is 7.43. The molecule has 122 valence electrons. The molecule has 0 fully saturated rings. The first-order valence-electron chi connectivity index (χ1n) is 7.71. The van der Waals surface area contributed by atoms with Crippen molar-refractivity contribution in [1.82, 2.24) is 4.98 Å². The average Bonchev–Trinajstić information content (AvgIpc) is 3.10. The molecule has 1 amide bonds. The Bertz CT molecular complexity index is 1050. The number of anilines is 1. The zero-order valence-corrected chi connectivity index (χ0v) is 15.5. The van der Waals surface area contributed by atoms with E-state index in [0.717, 1.165) is 26.5 Å². The molecule has 25 heavy (non-hydrogen) atoms. The van der Waals surface area contributed by atoms with Gasteiger partial charge in [0.25, 0.3) is 5.91 Å². The van der Waals surface area contributed by atoms with Crippen molar-refractivity contribution in [2.24, 2.45) is 0 Å². The summed E-state index contributed by atoms with van der Waals surface area (Å²) in [6.07, 6.45) is 0. The Balaban J connectivity index is 1.60. The van der Waals surface area contributed by atoms with E-state index in [4.69, 9.17) is 0 Å². The summed E-state index contributed by atoms with van der Waals surface area (Å²) < 4.78 is 1.02. The number of carbonyl (C=O) groups is 1. The fraction of sp³-hybridized carbons (Fsp3) is 0. The molecule has 3 aromatic carbocycles. The van der Waals surface area contributed by atoms with Crippen LogP contribution in [0.25, 0.3) is 22.0 Å². The lowest BCUT2D eigenvalue weighted by molar-refractivity contribution is 0.102.